The highest BCUT2D eigenvalue weighted by molar-refractivity contribution is 5.93. The first kappa shape index (κ1) is 32.4. The predicted octanol–water partition coefficient (Wildman–Crippen LogP) is 1.33. The molecule has 0 aromatic carbocycles. The number of aromatic carboxylic acids is 2. The summed E-state index contributed by atoms with van der Waals surface area (Å²) in [5.74, 6) is -3.48. The van der Waals surface area contributed by atoms with Crippen LogP contribution >= 0.6 is 0 Å². The minimum atomic E-state index is -1.33. The predicted molar refractivity (Wildman–Crippen MR) is 167 cm³/mol. The summed E-state index contributed by atoms with van der Waals surface area (Å²) >= 11 is 0. The standard InChI is InChI=1S/2C15H17FN4O3/c2*1-2-19-8-10(15(22)23)12(21)9-7-11(16)14(18-13(9)19)20-5-3-17-4-6-20/h2*7-8,17H,2-6H2,1H3,(H,22,23). The summed E-state index contributed by atoms with van der Waals surface area (Å²) in [6.07, 6.45) is 2.53. The number of carboxylic acids is 2. The molecule has 0 spiro atoms. The number of anilines is 2. The first-order valence-electron chi connectivity index (χ1n) is 14.9. The molecule has 16 heteroatoms. The molecule has 0 saturated carbocycles. The Morgan fingerprint density at radius 3 is 1.37 bits per heavy atom. The second kappa shape index (κ2) is 13.6. The Kier molecular flexibility index (Phi) is 9.57. The number of pyridine rings is 4. The maximum atomic E-state index is 14.4. The molecule has 4 aromatic heterocycles. The van der Waals surface area contributed by atoms with E-state index in [1.165, 1.54) is 12.4 Å². The lowest BCUT2D eigenvalue weighted by molar-refractivity contribution is 0.0684. The van der Waals surface area contributed by atoms with Crippen molar-refractivity contribution in [3.8, 4) is 0 Å². The molecule has 2 aliphatic heterocycles. The van der Waals surface area contributed by atoms with E-state index in [1.54, 1.807) is 9.13 Å². The molecule has 14 nitrogen and oxygen atoms in total. The summed E-state index contributed by atoms with van der Waals surface area (Å²) in [6.45, 7) is 9.91. The number of aryl methyl sites for hydroxylation is 2. The van der Waals surface area contributed by atoms with Crippen molar-refractivity contribution in [1.29, 1.82) is 0 Å². The molecule has 0 atom stereocenters. The van der Waals surface area contributed by atoms with E-state index in [4.69, 9.17) is 10.2 Å². The van der Waals surface area contributed by atoms with E-state index >= 15 is 0 Å². The Morgan fingerprint density at radius 1 is 0.717 bits per heavy atom. The van der Waals surface area contributed by atoms with Gasteiger partial charge in [-0.15, -0.1) is 0 Å². The van der Waals surface area contributed by atoms with Gasteiger partial charge in [-0.3, -0.25) is 9.59 Å². The molecule has 0 unspecified atom stereocenters. The summed E-state index contributed by atoms with van der Waals surface area (Å²) in [6, 6.07) is 2.20. The molecule has 6 rings (SSSR count). The van der Waals surface area contributed by atoms with Crippen molar-refractivity contribution in [2.75, 3.05) is 62.2 Å². The molecule has 2 aliphatic rings. The minimum absolute atomic E-state index is 0.0110. The zero-order valence-corrected chi connectivity index (χ0v) is 25.3. The number of carboxylic acid groups (broad SMARTS) is 2. The van der Waals surface area contributed by atoms with Crippen molar-refractivity contribution >= 4 is 45.6 Å². The maximum Gasteiger partial charge on any atom is 0.341 e. The first-order chi connectivity index (χ1) is 22.0. The Labute approximate surface area is 260 Å². The Hall–Kier alpha value is -4.96. The SMILES string of the molecule is CCn1cc(C(=O)O)c(=O)c2cc(F)c(N3CCNCC3)nc21.CCn1cc(C(=O)O)c(=O)c2cc(F)c(N3CCNCC3)nc21. The zero-order valence-electron chi connectivity index (χ0n) is 25.3. The number of carbonyl (C=O) groups is 2. The van der Waals surface area contributed by atoms with E-state index in [9.17, 15) is 28.0 Å². The number of hydrogen-bond donors (Lipinski definition) is 4. The van der Waals surface area contributed by atoms with Crippen molar-refractivity contribution in [2.24, 2.45) is 0 Å². The second-order valence-corrected chi connectivity index (χ2v) is 10.7. The lowest BCUT2D eigenvalue weighted by Crippen LogP contribution is -2.44. The van der Waals surface area contributed by atoms with Gasteiger partial charge >= 0.3 is 11.9 Å². The Bertz CT molecular complexity index is 1790. The third kappa shape index (κ3) is 6.25. The first-order valence-corrected chi connectivity index (χ1v) is 14.9. The minimum Gasteiger partial charge on any atom is -0.477 e. The van der Waals surface area contributed by atoms with Crippen LogP contribution in [0.15, 0.2) is 34.1 Å². The van der Waals surface area contributed by atoms with Crippen LogP contribution in [0, 0.1) is 11.6 Å². The van der Waals surface area contributed by atoms with Crippen LogP contribution in [0.3, 0.4) is 0 Å². The van der Waals surface area contributed by atoms with E-state index in [1.807, 2.05) is 23.6 Å². The number of rotatable bonds is 6. The van der Waals surface area contributed by atoms with Gasteiger partial charge in [0.25, 0.3) is 0 Å². The van der Waals surface area contributed by atoms with Crippen LogP contribution in [-0.4, -0.2) is 93.6 Å². The summed E-state index contributed by atoms with van der Waals surface area (Å²) in [5.41, 5.74) is -1.58. The molecular formula is C30H34F2N8O6. The lowest BCUT2D eigenvalue weighted by atomic mass is 10.2. The number of aromatic nitrogens is 4. The highest BCUT2D eigenvalue weighted by atomic mass is 19.1. The highest BCUT2D eigenvalue weighted by Crippen LogP contribution is 2.23. The van der Waals surface area contributed by atoms with Gasteiger partial charge in [0.2, 0.25) is 10.9 Å². The largest absolute Gasteiger partial charge is 0.477 e. The van der Waals surface area contributed by atoms with E-state index in [-0.39, 0.29) is 33.5 Å². The van der Waals surface area contributed by atoms with Crippen LogP contribution in [0.1, 0.15) is 34.6 Å². The molecule has 2 saturated heterocycles. The molecule has 46 heavy (non-hydrogen) atoms. The number of fused-ring (bicyclic) bond motifs is 2. The number of piperazine rings is 2. The number of nitrogens with one attached hydrogen (secondary N) is 2. The van der Waals surface area contributed by atoms with Crippen molar-refractivity contribution in [3.63, 3.8) is 0 Å². The fraction of sp³-hybridized carbons (Fsp3) is 0.400. The van der Waals surface area contributed by atoms with Crippen LogP contribution in [-0.2, 0) is 13.1 Å². The van der Waals surface area contributed by atoms with Gasteiger partial charge in [-0.2, -0.15) is 0 Å². The Balaban J connectivity index is 0.000000181. The van der Waals surface area contributed by atoms with Crippen molar-refractivity contribution in [2.45, 2.75) is 26.9 Å². The van der Waals surface area contributed by atoms with Crippen molar-refractivity contribution < 1.29 is 28.6 Å². The topological polar surface area (TPSA) is 175 Å². The van der Waals surface area contributed by atoms with E-state index < -0.39 is 34.4 Å². The molecule has 6 heterocycles. The van der Waals surface area contributed by atoms with Gasteiger partial charge in [-0.05, 0) is 26.0 Å². The molecule has 4 N–H and O–H groups in total. The lowest BCUT2D eigenvalue weighted by Gasteiger charge is -2.29. The van der Waals surface area contributed by atoms with Crippen LogP contribution in [0.4, 0.5) is 20.4 Å². The third-order valence-corrected chi connectivity index (χ3v) is 7.94. The normalized spacial score (nSPS) is 15.1. The van der Waals surface area contributed by atoms with Gasteiger partial charge < -0.3 is 39.8 Å². The number of halogens is 2. The van der Waals surface area contributed by atoms with Crippen LogP contribution in [0.2, 0.25) is 0 Å². The van der Waals surface area contributed by atoms with E-state index in [0.29, 0.717) is 50.6 Å². The number of hydrogen-bond acceptors (Lipinski definition) is 10. The molecule has 2 fully saturated rings. The second-order valence-electron chi connectivity index (χ2n) is 10.7. The van der Waals surface area contributed by atoms with Gasteiger partial charge in [0.1, 0.15) is 22.4 Å². The molecule has 0 aliphatic carbocycles. The monoisotopic (exact) mass is 640 g/mol. The van der Waals surface area contributed by atoms with Crippen molar-refractivity contribution in [3.05, 3.63) is 67.7 Å². The molecule has 0 bridgehead atoms. The molecule has 244 valence electrons. The molecule has 0 radical (unpaired) electrons. The third-order valence-electron chi connectivity index (χ3n) is 7.94. The van der Waals surface area contributed by atoms with Crippen LogP contribution in [0.5, 0.6) is 0 Å². The maximum absolute atomic E-state index is 14.4. The van der Waals surface area contributed by atoms with E-state index in [2.05, 4.69) is 20.6 Å². The smallest absolute Gasteiger partial charge is 0.341 e. The van der Waals surface area contributed by atoms with Crippen LogP contribution < -0.4 is 31.3 Å². The molecule has 4 aromatic rings. The van der Waals surface area contributed by atoms with Gasteiger partial charge in [0.05, 0.1) is 10.8 Å². The van der Waals surface area contributed by atoms with Gasteiger partial charge in [-0.25, -0.2) is 28.3 Å². The Morgan fingerprint density at radius 2 is 1.07 bits per heavy atom. The average molecular weight is 641 g/mol. The number of nitrogens with zero attached hydrogens (tertiary/aromatic N) is 6. The molecular weight excluding hydrogens is 606 g/mol. The van der Waals surface area contributed by atoms with Crippen LogP contribution in [0.25, 0.3) is 22.1 Å². The quantitative estimate of drug-likeness (QED) is 0.238. The summed E-state index contributed by atoms with van der Waals surface area (Å²) in [4.78, 5) is 59.2. The average Bonchev–Trinajstić information content (AvgIpc) is 3.06. The highest BCUT2D eigenvalue weighted by Gasteiger charge is 2.23. The summed E-state index contributed by atoms with van der Waals surface area (Å²) < 4.78 is 32.0. The summed E-state index contributed by atoms with van der Waals surface area (Å²) in [5, 5.41) is 24.6. The van der Waals surface area contributed by atoms with Gasteiger partial charge in [0, 0.05) is 77.8 Å². The van der Waals surface area contributed by atoms with Gasteiger partial charge in [-0.1, -0.05) is 0 Å². The van der Waals surface area contributed by atoms with E-state index in [0.717, 1.165) is 38.3 Å². The zero-order chi connectivity index (χ0) is 33.1. The van der Waals surface area contributed by atoms with Gasteiger partial charge in [0.15, 0.2) is 23.3 Å². The molecule has 0 amide bonds. The fourth-order valence-electron chi connectivity index (χ4n) is 5.54. The van der Waals surface area contributed by atoms with Crippen molar-refractivity contribution in [1.82, 2.24) is 29.7 Å². The fourth-order valence-corrected chi connectivity index (χ4v) is 5.54. The summed E-state index contributed by atoms with van der Waals surface area (Å²) in [7, 11) is 0.